The number of fused-ring (bicyclic) bond motifs is 2. The molecular weight excluding hydrogens is 777 g/mol. The van der Waals surface area contributed by atoms with Crippen molar-refractivity contribution in [3.8, 4) is 45.3 Å². The number of aryl methyl sites for hydroxylation is 4. The van der Waals surface area contributed by atoms with Crippen LogP contribution in [0.1, 0.15) is 54.8 Å². The van der Waals surface area contributed by atoms with Gasteiger partial charge in [0.15, 0.2) is 0 Å². The maximum atomic E-state index is 12.4. The van der Waals surface area contributed by atoms with E-state index in [0.29, 0.717) is 37.7 Å². The molecule has 1 amide bonds. The summed E-state index contributed by atoms with van der Waals surface area (Å²) < 4.78 is 39.5. The van der Waals surface area contributed by atoms with Gasteiger partial charge in [-0.3, -0.25) is 5.32 Å². The lowest BCUT2D eigenvalue weighted by atomic mass is 10.0. The monoisotopic (exact) mass is 830 g/mol. The minimum Gasteiger partial charge on any atom is -0.496 e. The Morgan fingerprint density at radius 1 is 0.721 bits per heavy atom. The third-order valence-corrected chi connectivity index (χ3v) is 10.5. The average Bonchev–Trinajstić information content (AvgIpc) is 3.75. The first kappa shape index (κ1) is 42.3. The number of nitrogens with zero attached hydrogens (tertiary/aromatic N) is 4. The lowest BCUT2D eigenvalue weighted by Crippen LogP contribution is -2.33. The number of carbonyl (C=O) groups excluding carboxylic acids is 1. The Hall–Kier alpha value is -6.83. The second kappa shape index (κ2) is 17.8. The van der Waals surface area contributed by atoms with Gasteiger partial charge in [-0.2, -0.15) is 0 Å². The molecule has 2 aliphatic heterocycles. The van der Waals surface area contributed by atoms with Crippen LogP contribution in [0.4, 0.5) is 27.5 Å². The van der Waals surface area contributed by atoms with E-state index in [1.165, 1.54) is 0 Å². The number of para-hydroxylation sites is 2. The molecule has 61 heavy (non-hydrogen) atoms. The van der Waals surface area contributed by atoms with Gasteiger partial charge < -0.3 is 48.3 Å². The fraction of sp³-hybridized carbons (Fsp3) is 0.340. The Labute approximate surface area is 356 Å². The number of nitrogens with two attached hydrogens (primary N) is 1. The van der Waals surface area contributed by atoms with Gasteiger partial charge in [-0.15, -0.1) is 0 Å². The number of nitrogens with one attached hydrogen (secondary N) is 1. The second-order valence-corrected chi connectivity index (χ2v) is 16.0. The third kappa shape index (κ3) is 9.33. The molecule has 14 nitrogen and oxygen atoms in total. The van der Waals surface area contributed by atoms with E-state index < -0.39 is 11.7 Å². The van der Waals surface area contributed by atoms with Crippen LogP contribution in [0.5, 0.6) is 23.0 Å². The van der Waals surface area contributed by atoms with Gasteiger partial charge in [0.25, 0.3) is 0 Å². The number of benzene rings is 4. The van der Waals surface area contributed by atoms with Crippen molar-refractivity contribution in [3.63, 3.8) is 0 Å². The summed E-state index contributed by atoms with van der Waals surface area (Å²) in [5.74, 6) is 4.55. The molecule has 8 rings (SSSR count). The Morgan fingerprint density at radius 2 is 1.20 bits per heavy atom. The van der Waals surface area contributed by atoms with Crippen LogP contribution in [0.3, 0.4) is 0 Å². The van der Waals surface area contributed by atoms with Crippen LogP contribution >= 0.6 is 0 Å². The van der Waals surface area contributed by atoms with Gasteiger partial charge in [-0.1, -0.05) is 46.7 Å². The molecule has 2 aromatic heterocycles. The number of carbonyl (C=O) groups is 1. The summed E-state index contributed by atoms with van der Waals surface area (Å²) in [4.78, 5) is 16.8. The molecule has 0 fully saturated rings. The SMILES string of the molecule is COc1cc2c(cc1-c1c(C)noc1C)OCCN2Cc1ccccc1N.COc1cc2c(cc1-c1c(C)noc1C)OCCN2Cc1ccccc1NC(=O)OC(C)(C)C. The highest BCUT2D eigenvalue weighted by atomic mass is 16.6. The van der Waals surface area contributed by atoms with Crippen molar-refractivity contribution < 1.29 is 37.5 Å². The van der Waals surface area contributed by atoms with E-state index in [9.17, 15) is 4.79 Å². The van der Waals surface area contributed by atoms with Gasteiger partial charge in [0, 0.05) is 47.7 Å². The van der Waals surface area contributed by atoms with E-state index in [4.69, 9.17) is 38.5 Å². The Kier molecular flexibility index (Phi) is 12.3. The van der Waals surface area contributed by atoms with Crippen molar-refractivity contribution in [3.05, 3.63) is 107 Å². The third-order valence-electron chi connectivity index (χ3n) is 10.5. The minimum atomic E-state index is -0.572. The van der Waals surface area contributed by atoms with Crippen molar-refractivity contribution in [2.75, 3.05) is 61.4 Å². The zero-order valence-corrected chi connectivity index (χ0v) is 36.3. The van der Waals surface area contributed by atoms with E-state index >= 15 is 0 Å². The smallest absolute Gasteiger partial charge is 0.412 e. The van der Waals surface area contributed by atoms with Crippen LogP contribution in [0.2, 0.25) is 0 Å². The number of aromatic nitrogens is 2. The fourth-order valence-electron chi connectivity index (χ4n) is 7.67. The molecule has 0 atom stereocenters. The first-order valence-corrected chi connectivity index (χ1v) is 20.2. The molecule has 0 saturated heterocycles. The van der Waals surface area contributed by atoms with Gasteiger partial charge in [0.2, 0.25) is 0 Å². The zero-order chi connectivity index (χ0) is 43.4. The highest BCUT2D eigenvalue weighted by molar-refractivity contribution is 5.86. The van der Waals surface area contributed by atoms with Crippen LogP contribution in [0, 0.1) is 27.7 Å². The average molecular weight is 831 g/mol. The van der Waals surface area contributed by atoms with Crippen LogP contribution < -0.4 is 39.8 Å². The number of anilines is 4. The van der Waals surface area contributed by atoms with Crippen molar-refractivity contribution in [2.45, 2.75) is 67.2 Å². The normalized spacial score (nSPS) is 13.2. The first-order chi connectivity index (χ1) is 29.2. The van der Waals surface area contributed by atoms with Crippen molar-refractivity contribution >= 4 is 28.8 Å². The molecule has 4 aromatic carbocycles. The Bertz CT molecular complexity index is 2480. The summed E-state index contributed by atoms with van der Waals surface area (Å²) >= 11 is 0. The number of methoxy groups -OCH3 is 2. The minimum absolute atomic E-state index is 0.479. The lowest BCUT2D eigenvalue weighted by Gasteiger charge is -2.32. The molecule has 2 aliphatic rings. The predicted octanol–water partition coefficient (Wildman–Crippen LogP) is 9.66. The molecule has 6 aromatic rings. The predicted molar refractivity (Wildman–Crippen MR) is 236 cm³/mol. The molecule has 0 bridgehead atoms. The number of amides is 1. The van der Waals surface area contributed by atoms with Crippen LogP contribution in [0.15, 0.2) is 81.8 Å². The van der Waals surface area contributed by atoms with E-state index in [0.717, 1.165) is 104 Å². The molecule has 0 radical (unpaired) electrons. The van der Waals surface area contributed by atoms with Crippen molar-refractivity contribution in [1.82, 2.24) is 10.3 Å². The maximum Gasteiger partial charge on any atom is 0.412 e. The van der Waals surface area contributed by atoms with Gasteiger partial charge in [0.1, 0.15) is 53.3 Å². The quantitative estimate of drug-likeness (QED) is 0.133. The highest BCUT2D eigenvalue weighted by Crippen LogP contribution is 2.46. The summed E-state index contributed by atoms with van der Waals surface area (Å²) in [7, 11) is 3.32. The van der Waals surface area contributed by atoms with Gasteiger partial charge in [-0.05, 0) is 83.9 Å². The zero-order valence-electron chi connectivity index (χ0n) is 36.3. The van der Waals surface area contributed by atoms with Crippen LogP contribution in [0.25, 0.3) is 22.3 Å². The number of nitrogen functional groups attached to an aromatic ring is 1. The second-order valence-electron chi connectivity index (χ2n) is 16.0. The fourth-order valence-corrected chi connectivity index (χ4v) is 7.67. The molecule has 0 aliphatic carbocycles. The first-order valence-electron chi connectivity index (χ1n) is 20.2. The van der Waals surface area contributed by atoms with Gasteiger partial charge in [0.05, 0.1) is 61.2 Å². The molecule has 320 valence electrons. The molecule has 0 unspecified atom stereocenters. The van der Waals surface area contributed by atoms with E-state index in [-0.39, 0.29) is 0 Å². The molecule has 4 heterocycles. The summed E-state index contributed by atoms with van der Waals surface area (Å²) in [5, 5.41) is 11.0. The van der Waals surface area contributed by atoms with Crippen molar-refractivity contribution in [1.29, 1.82) is 0 Å². The van der Waals surface area contributed by atoms with E-state index in [2.05, 4.69) is 31.5 Å². The topological polar surface area (TPSA) is 160 Å². The molecular formula is C47H54N6O8. The number of hydrogen-bond donors (Lipinski definition) is 2. The largest absolute Gasteiger partial charge is 0.496 e. The van der Waals surface area contributed by atoms with Gasteiger partial charge in [-0.25, -0.2) is 4.79 Å². The number of hydrogen-bond acceptors (Lipinski definition) is 13. The molecule has 0 spiro atoms. The number of ether oxygens (including phenoxy) is 5. The Balaban J connectivity index is 0.000000189. The standard InChI is InChI=1S/C26H31N3O5.C21H23N3O3/c1-16-24(17(2)34-28-16)19-13-23-21(14-22(19)31-6)29(11-12-32-23)15-18-9-7-8-10-20(18)27-25(30)33-26(3,4)5;1-13-21(14(2)27-23-13)16-10-20-18(11-19(16)25-3)24(8-9-26-20)12-15-6-4-5-7-17(15)22/h7-10,13-14H,11-12,15H2,1-6H3,(H,27,30);4-7,10-11H,8-9,12,22H2,1-3H3. The number of rotatable bonds is 9. The summed E-state index contributed by atoms with van der Waals surface area (Å²) in [6.07, 6.45) is -0.479. The maximum absolute atomic E-state index is 12.4. The van der Waals surface area contributed by atoms with Gasteiger partial charge >= 0.3 is 6.09 Å². The van der Waals surface area contributed by atoms with E-state index in [1.54, 1.807) is 14.2 Å². The summed E-state index contributed by atoms with van der Waals surface area (Å²) in [5.41, 5.74) is 16.3. The molecule has 0 saturated carbocycles. The molecule has 14 heteroatoms. The summed E-state index contributed by atoms with van der Waals surface area (Å²) in [6, 6.07) is 23.7. The van der Waals surface area contributed by atoms with E-state index in [1.807, 2.05) is 115 Å². The van der Waals surface area contributed by atoms with Crippen LogP contribution in [-0.2, 0) is 17.8 Å². The lowest BCUT2D eigenvalue weighted by molar-refractivity contribution is 0.0635. The Morgan fingerprint density at radius 3 is 1.66 bits per heavy atom. The highest BCUT2D eigenvalue weighted by Gasteiger charge is 2.27. The van der Waals surface area contributed by atoms with Crippen molar-refractivity contribution in [2.24, 2.45) is 0 Å². The summed E-state index contributed by atoms with van der Waals surface area (Å²) in [6.45, 7) is 17.1. The van der Waals surface area contributed by atoms with Crippen LogP contribution in [-0.4, -0.2) is 62.5 Å². The molecule has 3 N–H and O–H groups in total.